The Morgan fingerprint density at radius 3 is 3.00 bits per heavy atom. The summed E-state index contributed by atoms with van der Waals surface area (Å²) >= 11 is 0. The van der Waals surface area contributed by atoms with Gasteiger partial charge in [0.1, 0.15) is 11.6 Å². The molecule has 2 heterocycles. The van der Waals surface area contributed by atoms with Crippen molar-refractivity contribution < 1.29 is 9.53 Å². The van der Waals surface area contributed by atoms with Crippen molar-refractivity contribution in [3.05, 3.63) is 59.8 Å². The molecule has 5 nitrogen and oxygen atoms in total. The van der Waals surface area contributed by atoms with Crippen molar-refractivity contribution in [1.29, 1.82) is 5.26 Å². The molecule has 0 unspecified atom stereocenters. The minimum absolute atomic E-state index is 0.00164. The summed E-state index contributed by atoms with van der Waals surface area (Å²) < 4.78 is 5.17. The molecule has 0 radical (unpaired) electrons. The molecule has 3 rings (SSSR count). The zero-order valence-corrected chi connectivity index (χ0v) is 14.3. The first-order valence-corrected chi connectivity index (χ1v) is 8.20. The Bertz CT molecular complexity index is 867. The maximum atomic E-state index is 12.9. The fourth-order valence-corrected chi connectivity index (χ4v) is 3.09. The number of carbonyl (C=O) groups is 1. The average molecular weight is 333 g/mol. The van der Waals surface area contributed by atoms with Crippen LogP contribution in [0, 0.1) is 11.3 Å². The summed E-state index contributed by atoms with van der Waals surface area (Å²) in [5.41, 5.74) is 2.47. The van der Waals surface area contributed by atoms with Gasteiger partial charge in [0, 0.05) is 23.9 Å². The Hall–Kier alpha value is -3.13. The monoisotopic (exact) mass is 333 g/mol. The van der Waals surface area contributed by atoms with E-state index in [0.717, 1.165) is 12.0 Å². The number of carbonyl (C=O) groups excluding carboxylic acids is 1. The quantitative estimate of drug-likeness (QED) is 0.804. The number of rotatable bonds is 4. The fourth-order valence-electron chi connectivity index (χ4n) is 3.09. The van der Waals surface area contributed by atoms with Gasteiger partial charge in [0.25, 0.3) is 5.91 Å². The van der Waals surface area contributed by atoms with Crippen molar-refractivity contribution in [1.82, 2.24) is 9.88 Å². The van der Waals surface area contributed by atoms with Crippen LogP contribution in [0.25, 0.3) is 11.1 Å². The van der Waals surface area contributed by atoms with Gasteiger partial charge in [-0.2, -0.15) is 5.26 Å². The summed E-state index contributed by atoms with van der Waals surface area (Å²) in [7, 11) is 1.48. The second-order valence-corrected chi connectivity index (χ2v) is 5.80. The number of hydrogen-bond acceptors (Lipinski definition) is 4. The van der Waals surface area contributed by atoms with E-state index in [9.17, 15) is 10.1 Å². The van der Waals surface area contributed by atoms with Crippen LogP contribution in [0.2, 0.25) is 0 Å². The summed E-state index contributed by atoms with van der Waals surface area (Å²) in [5, 5.41) is 9.46. The van der Waals surface area contributed by atoms with Crippen molar-refractivity contribution in [2.45, 2.75) is 19.4 Å². The first kappa shape index (κ1) is 16.7. The largest absolute Gasteiger partial charge is 0.480 e. The average Bonchev–Trinajstić information content (AvgIpc) is 3.15. The molecule has 0 aliphatic carbocycles. The highest BCUT2D eigenvalue weighted by molar-refractivity contribution is 5.96. The molecule has 2 aromatic rings. The lowest BCUT2D eigenvalue weighted by Gasteiger charge is -2.23. The van der Waals surface area contributed by atoms with Crippen LogP contribution in [0.15, 0.2) is 48.7 Å². The zero-order chi connectivity index (χ0) is 17.8. The van der Waals surface area contributed by atoms with Crippen LogP contribution in [0.5, 0.6) is 5.88 Å². The van der Waals surface area contributed by atoms with E-state index in [1.165, 1.54) is 7.11 Å². The molecule has 0 N–H and O–H groups in total. The Labute approximate surface area is 147 Å². The van der Waals surface area contributed by atoms with Crippen molar-refractivity contribution >= 4 is 5.91 Å². The molecule has 1 atom stereocenters. The van der Waals surface area contributed by atoms with Crippen LogP contribution in [0.3, 0.4) is 0 Å². The molecule has 1 aliphatic heterocycles. The highest BCUT2D eigenvalue weighted by atomic mass is 16.5. The summed E-state index contributed by atoms with van der Waals surface area (Å²) in [6.07, 6.45) is 6.59. The van der Waals surface area contributed by atoms with E-state index in [0.29, 0.717) is 23.2 Å². The van der Waals surface area contributed by atoms with Crippen molar-refractivity contribution in [2.75, 3.05) is 13.7 Å². The van der Waals surface area contributed by atoms with Crippen LogP contribution < -0.4 is 4.74 Å². The van der Waals surface area contributed by atoms with Gasteiger partial charge in [-0.25, -0.2) is 4.98 Å². The van der Waals surface area contributed by atoms with Gasteiger partial charge < -0.3 is 9.64 Å². The van der Waals surface area contributed by atoms with Gasteiger partial charge in [-0.3, -0.25) is 4.79 Å². The molecule has 1 aliphatic rings. The van der Waals surface area contributed by atoms with E-state index in [1.54, 1.807) is 18.3 Å². The van der Waals surface area contributed by atoms with Crippen LogP contribution in [0.4, 0.5) is 0 Å². The molecule has 1 aromatic heterocycles. The van der Waals surface area contributed by atoms with E-state index < -0.39 is 0 Å². The van der Waals surface area contributed by atoms with Crippen LogP contribution in [0.1, 0.15) is 29.3 Å². The van der Waals surface area contributed by atoms with E-state index in [1.807, 2.05) is 29.2 Å². The number of benzene rings is 1. The fraction of sp³-hybridized carbons (Fsp3) is 0.250. The highest BCUT2D eigenvalue weighted by Gasteiger charge is 2.24. The van der Waals surface area contributed by atoms with E-state index >= 15 is 0 Å². The zero-order valence-electron chi connectivity index (χ0n) is 14.3. The Morgan fingerprint density at radius 1 is 1.44 bits per heavy atom. The molecule has 1 amide bonds. The minimum atomic E-state index is -0.00164. The number of ether oxygens (including phenoxy) is 1. The third-order valence-electron chi connectivity index (χ3n) is 4.38. The van der Waals surface area contributed by atoms with Gasteiger partial charge in [-0.05, 0) is 30.2 Å². The topological polar surface area (TPSA) is 66.2 Å². The van der Waals surface area contributed by atoms with Gasteiger partial charge in [0.2, 0.25) is 5.88 Å². The molecule has 0 saturated carbocycles. The van der Waals surface area contributed by atoms with E-state index in [4.69, 9.17) is 4.74 Å². The second kappa shape index (κ2) is 7.18. The third-order valence-corrected chi connectivity index (χ3v) is 4.38. The normalized spacial score (nSPS) is 15.9. The van der Waals surface area contributed by atoms with Crippen molar-refractivity contribution in [3.63, 3.8) is 0 Å². The standard InChI is InChI=1S/C20H19N3O2/c1-3-16-8-5-11-23(16)20(24)15-7-4-6-14(12-15)17-9-10-22-19(25-2)18(17)13-21/h4-10,12,16H,3,11H2,1-2H3/t16-/m0/s1. The number of pyridine rings is 1. The van der Waals surface area contributed by atoms with Crippen LogP contribution in [-0.2, 0) is 0 Å². The molecular formula is C20H19N3O2. The summed E-state index contributed by atoms with van der Waals surface area (Å²) in [6, 6.07) is 11.4. The maximum Gasteiger partial charge on any atom is 0.254 e. The Morgan fingerprint density at radius 2 is 2.28 bits per heavy atom. The molecule has 5 heteroatoms. The molecule has 0 bridgehead atoms. The molecule has 0 fully saturated rings. The smallest absolute Gasteiger partial charge is 0.254 e. The second-order valence-electron chi connectivity index (χ2n) is 5.80. The number of amides is 1. The molecule has 126 valence electrons. The lowest BCUT2D eigenvalue weighted by molar-refractivity contribution is 0.0747. The molecule has 0 spiro atoms. The molecule has 0 saturated heterocycles. The van der Waals surface area contributed by atoms with Gasteiger partial charge >= 0.3 is 0 Å². The molecule has 1 aromatic carbocycles. The predicted octanol–water partition coefficient (Wildman–Crippen LogP) is 3.42. The Balaban J connectivity index is 1.98. The van der Waals surface area contributed by atoms with Crippen molar-refractivity contribution in [3.8, 4) is 23.1 Å². The Kier molecular flexibility index (Phi) is 4.80. The van der Waals surface area contributed by atoms with Crippen molar-refractivity contribution in [2.24, 2.45) is 0 Å². The SMILES string of the molecule is CC[C@H]1C=CCN1C(=O)c1cccc(-c2ccnc(OC)c2C#N)c1. The lowest BCUT2D eigenvalue weighted by Crippen LogP contribution is -2.35. The van der Waals surface area contributed by atoms with Crippen LogP contribution in [-0.4, -0.2) is 35.5 Å². The highest BCUT2D eigenvalue weighted by Crippen LogP contribution is 2.29. The third kappa shape index (κ3) is 3.11. The van der Waals surface area contributed by atoms with Gasteiger partial charge in [0.05, 0.1) is 13.2 Å². The predicted molar refractivity (Wildman–Crippen MR) is 95.2 cm³/mol. The van der Waals surface area contributed by atoms with E-state index in [-0.39, 0.29) is 17.8 Å². The summed E-state index contributed by atoms with van der Waals surface area (Å²) in [5.74, 6) is 0.282. The van der Waals surface area contributed by atoms with Crippen LogP contribution >= 0.6 is 0 Å². The number of hydrogen-bond donors (Lipinski definition) is 0. The van der Waals surface area contributed by atoms with E-state index in [2.05, 4.69) is 24.1 Å². The van der Waals surface area contributed by atoms with Gasteiger partial charge in [-0.1, -0.05) is 31.2 Å². The number of methoxy groups -OCH3 is 1. The number of aromatic nitrogens is 1. The molecule has 25 heavy (non-hydrogen) atoms. The minimum Gasteiger partial charge on any atom is -0.480 e. The first-order valence-electron chi connectivity index (χ1n) is 8.20. The lowest BCUT2D eigenvalue weighted by atomic mass is 9.99. The first-order chi connectivity index (χ1) is 12.2. The van der Waals surface area contributed by atoms with Gasteiger partial charge in [-0.15, -0.1) is 0 Å². The summed E-state index contributed by atoms with van der Waals surface area (Å²) in [4.78, 5) is 18.8. The number of nitriles is 1. The molecular weight excluding hydrogens is 314 g/mol. The van der Waals surface area contributed by atoms with Gasteiger partial charge in [0.15, 0.2) is 0 Å². The summed E-state index contributed by atoms with van der Waals surface area (Å²) in [6.45, 7) is 2.70. The number of nitrogens with zero attached hydrogens (tertiary/aromatic N) is 3. The maximum absolute atomic E-state index is 12.9.